The minimum atomic E-state index is -0.688. The van der Waals surface area contributed by atoms with E-state index >= 15 is 0 Å². The Bertz CT molecular complexity index is 1040. The maximum absolute atomic E-state index is 12.6. The van der Waals surface area contributed by atoms with Crippen LogP contribution < -0.4 is 10.6 Å². The van der Waals surface area contributed by atoms with Crippen molar-refractivity contribution in [2.75, 3.05) is 10.6 Å². The van der Waals surface area contributed by atoms with Gasteiger partial charge in [0.25, 0.3) is 5.91 Å². The summed E-state index contributed by atoms with van der Waals surface area (Å²) >= 11 is 0. The molecular formula is C18H19N7O4. The van der Waals surface area contributed by atoms with Gasteiger partial charge in [-0.2, -0.15) is 10.2 Å². The lowest BCUT2D eigenvalue weighted by Crippen LogP contribution is -2.25. The molecule has 150 valence electrons. The van der Waals surface area contributed by atoms with Crippen LogP contribution in [0.3, 0.4) is 0 Å². The van der Waals surface area contributed by atoms with Crippen LogP contribution in [0, 0.1) is 10.1 Å². The smallest absolute Gasteiger partial charge is 0.307 e. The first kappa shape index (κ1) is 19.7. The van der Waals surface area contributed by atoms with Crippen LogP contribution in [0.5, 0.6) is 0 Å². The van der Waals surface area contributed by atoms with Crippen molar-refractivity contribution >= 4 is 28.9 Å². The van der Waals surface area contributed by atoms with E-state index in [4.69, 9.17) is 0 Å². The van der Waals surface area contributed by atoms with Crippen molar-refractivity contribution in [2.24, 2.45) is 7.05 Å². The number of hydrogen-bond donors (Lipinski definition) is 2. The van der Waals surface area contributed by atoms with Crippen molar-refractivity contribution in [3.05, 3.63) is 64.7 Å². The van der Waals surface area contributed by atoms with E-state index in [9.17, 15) is 19.7 Å². The summed E-state index contributed by atoms with van der Waals surface area (Å²) in [6, 6.07) is 7.50. The van der Waals surface area contributed by atoms with Crippen LogP contribution in [0.2, 0.25) is 0 Å². The number of aromatic nitrogens is 4. The normalized spacial score (nSPS) is 11.7. The molecule has 11 heteroatoms. The van der Waals surface area contributed by atoms with E-state index in [2.05, 4.69) is 20.8 Å². The number of anilines is 2. The average molecular weight is 397 g/mol. The molecule has 0 fully saturated rings. The molecule has 0 saturated carbocycles. The SMILES string of the molecule is CCC(C(=O)Nc1ccc(NC(=O)c2ccn(C)n2)cc1)n1cc([N+](=O)[O-])cn1. The molecule has 0 spiro atoms. The number of carbonyl (C=O) groups excluding carboxylic acids is 2. The first-order valence-corrected chi connectivity index (χ1v) is 8.78. The van der Waals surface area contributed by atoms with Crippen LogP contribution in [0.1, 0.15) is 29.9 Å². The third-order valence-electron chi connectivity index (χ3n) is 4.16. The minimum Gasteiger partial charge on any atom is -0.324 e. The molecule has 3 aromatic rings. The third-order valence-corrected chi connectivity index (χ3v) is 4.16. The molecule has 0 aliphatic rings. The summed E-state index contributed by atoms with van der Waals surface area (Å²) in [5, 5.41) is 24.2. The summed E-state index contributed by atoms with van der Waals surface area (Å²) in [5.74, 6) is -0.690. The number of nitrogens with zero attached hydrogens (tertiary/aromatic N) is 5. The first-order chi connectivity index (χ1) is 13.9. The molecule has 0 aliphatic heterocycles. The Morgan fingerprint density at radius 3 is 2.34 bits per heavy atom. The lowest BCUT2D eigenvalue weighted by molar-refractivity contribution is -0.385. The quantitative estimate of drug-likeness (QED) is 0.464. The monoisotopic (exact) mass is 397 g/mol. The Morgan fingerprint density at radius 1 is 1.17 bits per heavy atom. The summed E-state index contributed by atoms with van der Waals surface area (Å²) in [4.78, 5) is 34.9. The van der Waals surface area contributed by atoms with Crippen molar-refractivity contribution in [3.8, 4) is 0 Å². The van der Waals surface area contributed by atoms with Gasteiger partial charge in [-0.05, 0) is 36.8 Å². The van der Waals surface area contributed by atoms with Crippen molar-refractivity contribution in [1.29, 1.82) is 0 Å². The molecule has 2 N–H and O–H groups in total. The highest BCUT2D eigenvalue weighted by Crippen LogP contribution is 2.19. The Morgan fingerprint density at radius 2 is 1.83 bits per heavy atom. The van der Waals surface area contributed by atoms with Crippen molar-refractivity contribution in [1.82, 2.24) is 19.6 Å². The fourth-order valence-corrected chi connectivity index (χ4v) is 2.68. The molecule has 0 bridgehead atoms. The molecule has 29 heavy (non-hydrogen) atoms. The van der Waals surface area contributed by atoms with Gasteiger partial charge in [0.2, 0.25) is 5.91 Å². The highest BCUT2D eigenvalue weighted by Gasteiger charge is 2.22. The number of carbonyl (C=O) groups is 2. The maximum Gasteiger partial charge on any atom is 0.307 e. The number of rotatable bonds is 7. The molecule has 2 aromatic heterocycles. The molecule has 2 amide bonds. The summed E-state index contributed by atoms with van der Waals surface area (Å²) < 4.78 is 2.81. The van der Waals surface area contributed by atoms with Crippen LogP contribution in [0.25, 0.3) is 0 Å². The van der Waals surface area contributed by atoms with Gasteiger partial charge in [-0.25, -0.2) is 0 Å². The predicted molar refractivity (Wildman–Crippen MR) is 104 cm³/mol. The summed E-state index contributed by atoms with van der Waals surface area (Å²) in [5.41, 5.74) is 1.19. The third kappa shape index (κ3) is 4.64. The number of amides is 2. The van der Waals surface area contributed by atoms with E-state index < -0.39 is 11.0 Å². The van der Waals surface area contributed by atoms with Gasteiger partial charge >= 0.3 is 5.69 Å². The van der Waals surface area contributed by atoms with E-state index in [1.807, 2.05) is 0 Å². The number of nitrogens with one attached hydrogen (secondary N) is 2. The zero-order valence-corrected chi connectivity index (χ0v) is 15.8. The number of hydrogen-bond acceptors (Lipinski definition) is 6. The van der Waals surface area contributed by atoms with Gasteiger partial charge in [-0.1, -0.05) is 6.92 Å². The molecule has 0 radical (unpaired) electrons. The Balaban J connectivity index is 1.64. The highest BCUT2D eigenvalue weighted by molar-refractivity contribution is 6.03. The lowest BCUT2D eigenvalue weighted by atomic mass is 10.2. The second kappa shape index (κ2) is 8.33. The van der Waals surface area contributed by atoms with E-state index in [0.29, 0.717) is 23.5 Å². The Labute approximate surface area is 165 Å². The molecular weight excluding hydrogens is 378 g/mol. The van der Waals surface area contributed by atoms with Crippen molar-refractivity contribution < 1.29 is 14.5 Å². The van der Waals surface area contributed by atoms with E-state index in [1.54, 1.807) is 50.5 Å². The molecule has 3 rings (SSSR count). The molecule has 1 atom stereocenters. The van der Waals surface area contributed by atoms with E-state index in [0.717, 1.165) is 6.20 Å². The summed E-state index contributed by atoms with van der Waals surface area (Å²) in [6.45, 7) is 1.79. The fourth-order valence-electron chi connectivity index (χ4n) is 2.68. The Kier molecular flexibility index (Phi) is 5.67. The fraction of sp³-hybridized carbons (Fsp3) is 0.222. The van der Waals surface area contributed by atoms with Crippen molar-refractivity contribution in [2.45, 2.75) is 19.4 Å². The van der Waals surface area contributed by atoms with Gasteiger partial charge in [-0.15, -0.1) is 0 Å². The van der Waals surface area contributed by atoms with Crippen LogP contribution in [-0.2, 0) is 11.8 Å². The first-order valence-electron chi connectivity index (χ1n) is 8.78. The van der Waals surface area contributed by atoms with Crippen molar-refractivity contribution in [3.63, 3.8) is 0 Å². The van der Waals surface area contributed by atoms with Gasteiger partial charge in [-0.3, -0.25) is 29.1 Å². The Hall–Kier alpha value is -4.02. The number of nitro groups is 1. The lowest BCUT2D eigenvalue weighted by Gasteiger charge is -2.15. The number of benzene rings is 1. The second-order valence-electron chi connectivity index (χ2n) is 6.26. The van der Waals surface area contributed by atoms with Gasteiger partial charge in [0.15, 0.2) is 5.69 Å². The second-order valence-corrected chi connectivity index (χ2v) is 6.26. The maximum atomic E-state index is 12.6. The zero-order chi connectivity index (χ0) is 21.0. The molecule has 2 heterocycles. The van der Waals surface area contributed by atoms with Gasteiger partial charge < -0.3 is 10.6 Å². The minimum absolute atomic E-state index is 0.177. The van der Waals surface area contributed by atoms with E-state index in [1.165, 1.54) is 15.6 Å². The zero-order valence-electron chi connectivity index (χ0n) is 15.8. The van der Waals surface area contributed by atoms with Crippen LogP contribution in [0.4, 0.5) is 17.1 Å². The topological polar surface area (TPSA) is 137 Å². The molecule has 1 aromatic carbocycles. The van der Waals surface area contributed by atoms with Crippen LogP contribution >= 0.6 is 0 Å². The van der Waals surface area contributed by atoms with Crippen LogP contribution in [-0.4, -0.2) is 36.3 Å². The highest BCUT2D eigenvalue weighted by atomic mass is 16.6. The molecule has 1 unspecified atom stereocenters. The average Bonchev–Trinajstić information content (AvgIpc) is 3.33. The summed E-state index contributed by atoms with van der Waals surface area (Å²) in [6.07, 6.45) is 4.41. The van der Waals surface area contributed by atoms with E-state index in [-0.39, 0.29) is 17.5 Å². The standard InChI is InChI=1S/C18H19N7O4/c1-3-16(24-11-14(10-19-24)25(28)29)18(27)21-13-6-4-12(5-7-13)20-17(26)15-8-9-23(2)22-15/h4-11,16H,3H2,1-2H3,(H,20,26)(H,21,27). The molecule has 11 nitrogen and oxygen atoms in total. The van der Waals surface area contributed by atoms with Gasteiger partial charge in [0, 0.05) is 24.6 Å². The largest absolute Gasteiger partial charge is 0.324 e. The predicted octanol–water partition coefficient (Wildman–Crippen LogP) is 2.37. The number of aryl methyl sites for hydroxylation is 1. The molecule has 0 aliphatic carbocycles. The van der Waals surface area contributed by atoms with Gasteiger partial charge in [0.1, 0.15) is 18.4 Å². The van der Waals surface area contributed by atoms with Crippen LogP contribution in [0.15, 0.2) is 48.9 Å². The summed E-state index contributed by atoms with van der Waals surface area (Å²) in [7, 11) is 1.72. The molecule has 0 saturated heterocycles. The van der Waals surface area contributed by atoms with Gasteiger partial charge in [0.05, 0.1) is 4.92 Å².